The Bertz CT molecular complexity index is 836. The predicted molar refractivity (Wildman–Crippen MR) is 102 cm³/mol. The summed E-state index contributed by atoms with van der Waals surface area (Å²) in [6.07, 6.45) is 3.42. The lowest BCUT2D eigenvalue weighted by Crippen LogP contribution is -1.98. The lowest BCUT2D eigenvalue weighted by molar-refractivity contribution is 0.284. The van der Waals surface area contributed by atoms with E-state index in [1.54, 1.807) is 19.5 Å². The van der Waals surface area contributed by atoms with Crippen LogP contribution < -0.4 is 14.9 Å². The van der Waals surface area contributed by atoms with Crippen LogP contribution in [-0.4, -0.2) is 18.3 Å². The van der Waals surface area contributed by atoms with Gasteiger partial charge in [-0.15, -0.1) is 11.3 Å². The fourth-order valence-corrected chi connectivity index (χ4v) is 2.67. The molecule has 1 aromatic heterocycles. The first-order chi connectivity index (χ1) is 12.2. The molecule has 0 fully saturated rings. The molecule has 0 radical (unpaired) electrons. The van der Waals surface area contributed by atoms with E-state index in [1.807, 2.05) is 47.8 Å². The molecule has 0 amide bonds. The summed E-state index contributed by atoms with van der Waals surface area (Å²) in [7, 11) is 1.61. The smallest absolute Gasteiger partial charge is 0.203 e. The van der Waals surface area contributed by atoms with Crippen molar-refractivity contribution in [3.63, 3.8) is 0 Å². The number of methoxy groups -OCH3 is 1. The molecule has 0 atom stereocenters. The maximum absolute atomic E-state index is 5.89. The molecule has 1 N–H and O–H groups in total. The van der Waals surface area contributed by atoms with Crippen LogP contribution in [0.1, 0.15) is 11.1 Å². The highest BCUT2D eigenvalue weighted by molar-refractivity contribution is 7.13. The fraction of sp³-hybridized carbons (Fsp3) is 0.111. The van der Waals surface area contributed by atoms with Gasteiger partial charge in [-0.05, 0) is 41.5 Å². The van der Waals surface area contributed by atoms with Gasteiger partial charge in [-0.2, -0.15) is 5.10 Å². The third-order valence-corrected chi connectivity index (χ3v) is 4.23. The molecule has 2 aromatic carbocycles. The molecule has 3 aromatic rings. The Kier molecular flexibility index (Phi) is 5.87. The van der Waals surface area contributed by atoms with E-state index >= 15 is 0 Å². The monoisotopic (exact) mass is 373 g/mol. The van der Waals surface area contributed by atoms with Crippen LogP contribution in [0.4, 0.5) is 5.13 Å². The third-order valence-electron chi connectivity index (χ3n) is 3.30. The van der Waals surface area contributed by atoms with Gasteiger partial charge in [0.05, 0.1) is 13.3 Å². The van der Waals surface area contributed by atoms with Crippen molar-refractivity contribution in [2.75, 3.05) is 12.5 Å². The van der Waals surface area contributed by atoms with Crippen LogP contribution in [0.3, 0.4) is 0 Å². The number of hydrogen-bond acceptors (Lipinski definition) is 6. The van der Waals surface area contributed by atoms with Crippen LogP contribution in [0.25, 0.3) is 0 Å². The molecule has 0 aliphatic heterocycles. The molecule has 0 unspecified atom stereocenters. The minimum Gasteiger partial charge on any atom is -0.493 e. The molecule has 3 rings (SSSR count). The first kappa shape index (κ1) is 17.3. The standard InChI is InChI=1S/C18H16ClN3O2S/c1-23-17-10-14(11-21-22-18-20-8-9-25-18)4-7-16(17)24-12-13-2-5-15(19)6-3-13/h2-11H,12H2,1H3,(H,20,22)/b21-11+. The number of nitrogens with zero attached hydrogens (tertiary/aromatic N) is 2. The maximum Gasteiger partial charge on any atom is 0.203 e. The highest BCUT2D eigenvalue weighted by Gasteiger charge is 2.06. The van der Waals surface area contributed by atoms with Crippen molar-refractivity contribution in [3.8, 4) is 11.5 Å². The summed E-state index contributed by atoms with van der Waals surface area (Å²) < 4.78 is 11.2. The largest absolute Gasteiger partial charge is 0.493 e. The van der Waals surface area contributed by atoms with Crippen LogP contribution in [0.5, 0.6) is 11.5 Å². The summed E-state index contributed by atoms with van der Waals surface area (Å²) in [5.41, 5.74) is 4.79. The van der Waals surface area contributed by atoms with Crippen molar-refractivity contribution < 1.29 is 9.47 Å². The van der Waals surface area contributed by atoms with Crippen molar-refractivity contribution in [2.45, 2.75) is 6.61 Å². The maximum atomic E-state index is 5.89. The van der Waals surface area contributed by atoms with Crippen molar-refractivity contribution in [1.29, 1.82) is 0 Å². The summed E-state index contributed by atoms with van der Waals surface area (Å²) in [5, 5.41) is 7.48. The van der Waals surface area contributed by atoms with E-state index in [9.17, 15) is 0 Å². The van der Waals surface area contributed by atoms with Crippen molar-refractivity contribution in [3.05, 3.63) is 70.2 Å². The molecule has 7 heteroatoms. The number of halogens is 1. The van der Waals surface area contributed by atoms with E-state index in [1.165, 1.54) is 11.3 Å². The molecule has 0 bridgehead atoms. The topological polar surface area (TPSA) is 55.7 Å². The lowest BCUT2D eigenvalue weighted by atomic mass is 10.2. The third kappa shape index (κ3) is 4.95. The van der Waals surface area contributed by atoms with E-state index in [0.717, 1.165) is 16.3 Å². The Labute approximate surface area is 154 Å². The summed E-state index contributed by atoms with van der Waals surface area (Å²) in [6.45, 7) is 0.437. The fourth-order valence-electron chi connectivity index (χ4n) is 2.07. The second-order valence-corrected chi connectivity index (χ2v) is 6.36. The lowest BCUT2D eigenvalue weighted by Gasteiger charge is -2.11. The van der Waals surface area contributed by atoms with Gasteiger partial charge in [0.2, 0.25) is 5.13 Å². The minimum absolute atomic E-state index is 0.437. The second kappa shape index (κ2) is 8.50. The van der Waals surface area contributed by atoms with E-state index in [2.05, 4.69) is 15.5 Å². The zero-order chi connectivity index (χ0) is 17.5. The number of anilines is 1. The Balaban J connectivity index is 1.64. The number of rotatable bonds is 7. The van der Waals surface area contributed by atoms with Gasteiger partial charge < -0.3 is 9.47 Å². The highest BCUT2D eigenvalue weighted by Crippen LogP contribution is 2.28. The highest BCUT2D eigenvalue weighted by atomic mass is 35.5. The SMILES string of the molecule is COc1cc(/C=N/Nc2nccs2)ccc1OCc1ccc(Cl)cc1. The molecule has 0 saturated heterocycles. The van der Waals surface area contributed by atoms with Crippen molar-refractivity contribution in [2.24, 2.45) is 5.10 Å². The van der Waals surface area contributed by atoms with Crippen LogP contribution in [0, 0.1) is 0 Å². The molecule has 5 nitrogen and oxygen atoms in total. The van der Waals surface area contributed by atoms with Gasteiger partial charge in [-0.1, -0.05) is 23.7 Å². The molecular weight excluding hydrogens is 358 g/mol. The normalized spacial score (nSPS) is 10.8. The van der Waals surface area contributed by atoms with Crippen molar-refractivity contribution >= 4 is 34.3 Å². The number of ether oxygens (including phenoxy) is 2. The molecule has 0 saturated carbocycles. The number of hydrogen-bond donors (Lipinski definition) is 1. The number of thiazole rings is 1. The molecule has 0 aliphatic rings. The Morgan fingerprint density at radius 1 is 1.20 bits per heavy atom. The first-order valence-electron chi connectivity index (χ1n) is 7.48. The summed E-state index contributed by atoms with van der Waals surface area (Å²) in [5.74, 6) is 1.31. The molecule has 0 spiro atoms. The Hall–Kier alpha value is -2.57. The average Bonchev–Trinajstić information content (AvgIpc) is 3.15. The van der Waals surface area contributed by atoms with Gasteiger partial charge >= 0.3 is 0 Å². The first-order valence-corrected chi connectivity index (χ1v) is 8.74. The van der Waals surface area contributed by atoms with E-state index in [-0.39, 0.29) is 0 Å². The Morgan fingerprint density at radius 3 is 2.76 bits per heavy atom. The number of nitrogens with one attached hydrogen (secondary N) is 1. The predicted octanol–water partition coefficient (Wildman–Crippen LogP) is 4.83. The van der Waals surface area contributed by atoms with E-state index in [0.29, 0.717) is 23.1 Å². The van der Waals surface area contributed by atoms with Crippen molar-refractivity contribution in [1.82, 2.24) is 4.98 Å². The summed E-state index contributed by atoms with van der Waals surface area (Å²) in [4.78, 5) is 4.09. The summed E-state index contributed by atoms with van der Waals surface area (Å²) >= 11 is 7.37. The Morgan fingerprint density at radius 2 is 2.04 bits per heavy atom. The molecule has 1 heterocycles. The van der Waals surface area contributed by atoms with Crippen LogP contribution >= 0.6 is 22.9 Å². The van der Waals surface area contributed by atoms with Gasteiger partial charge in [0.25, 0.3) is 0 Å². The molecule has 0 aliphatic carbocycles. The quantitative estimate of drug-likeness (QED) is 0.476. The molecule has 25 heavy (non-hydrogen) atoms. The van der Waals surface area contributed by atoms with Gasteiger partial charge in [0.15, 0.2) is 11.5 Å². The average molecular weight is 374 g/mol. The number of hydrazone groups is 1. The molecular formula is C18H16ClN3O2S. The molecule has 128 valence electrons. The number of aromatic nitrogens is 1. The minimum atomic E-state index is 0.437. The zero-order valence-corrected chi connectivity index (χ0v) is 15.1. The van der Waals surface area contributed by atoms with E-state index < -0.39 is 0 Å². The van der Waals surface area contributed by atoms with E-state index in [4.69, 9.17) is 21.1 Å². The summed E-state index contributed by atoms with van der Waals surface area (Å²) in [6, 6.07) is 13.2. The van der Waals surface area contributed by atoms with Gasteiger partial charge in [-0.3, -0.25) is 5.43 Å². The van der Waals surface area contributed by atoms with Crippen LogP contribution in [0.15, 0.2) is 59.1 Å². The number of benzene rings is 2. The zero-order valence-electron chi connectivity index (χ0n) is 13.5. The van der Waals surface area contributed by atoms with Gasteiger partial charge in [0, 0.05) is 16.6 Å². The van der Waals surface area contributed by atoms with Gasteiger partial charge in [0.1, 0.15) is 6.61 Å². The second-order valence-electron chi connectivity index (χ2n) is 5.03. The van der Waals surface area contributed by atoms with Gasteiger partial charge in [-0.25, -0.2) is 4.98 Å². The van der Waals surface area contributed by atoms with Crippen LogP contribution in [0.2, 0.25) is 5.02 Å². The van der Waals surface area contributed by atoms with Crippen LogP contribution in [-0.2, 0) is 6.61 Å².